The van der Waals surface area contributed by atoms with Gasteiger partial charge in [0.15, 0.2) is 0 Å². The van der Waals surface area contributed by atoms with Gasteiger partial charge in [-0.15, -0.1) is 0 Å². The van der Waals surface area contributed by atoms with Crippen LogP contribution in [0.4, 0.5) is 0 Å². The number of hydrogen-bond acceptors (Lipinski definition) is 4. The lowest BCUT2D eigenvalue weighted by Crippen LogP contribution is -2.03. The Morgan fingerprint density at radius 1 is 0.465 bits per heavy atom. The van der Waals surface area contributed by atoms with Gasteiger partial charge < -0.3 is 19.7 Å². The van der Waals surface area contributed by atoms with Gasteiger partial charge in [0.2, 0.25) is 6.79 Å². The maximum atomic E-state index is 9.30. The third-order valence-corrected chi connectivity index (χ3v) is 7.95. The molecule has 0 fully saturated rings. The summed E-state index contributed by atoms with van der Waals surface area (Å²) in [6.45, 7) is 0.251. The fraction of sp³-hybridized carbons (Fsp3) is 0.0769. The standard InChI is InChI=1S/C39H30O4/c40-23-30-9-3-26(4-10-30)1-7-28-13-17-34-32(21-28)15-19-36-38(34)39-35-18-14-29(8-2-27-5-11-31(24-41)12-6-27)22-33(35)16-20-37(39)43-25-42-36/h1-22,40-41H,23-25H2/b7-1+,8-2+. The third-order valence-electron chi connectivity index (χ3n) is 7.95. The number of fused-ring (bicyclic) bond motifs is 7. The minimum atomic E-state index is 0.0476. The van der Waals surface area contributed by atoms with Crippen LogP contribution >= 0.6 is 0 Å². The average molecular weight is 563 g/mol. The summed E-state index contributed by atoms with van der Waals surface area (Å²) < 4.78 is 12.2. The molecule has 0 unspecified atom stereocenters. The Morgan fingerprint density at radius 3 is 1.28 bits per heavy atom. The molecule has 0 bridgehead atoms. The molecule has 0 atom stereocenters. The van der Waals surface area contributed by atoms with Crippen molar-refractivity contribution in [2.45, 2.75) is 13.2 Å². The molecule has 4 nitrogen and oxygen atoms in total. The Morgan fingerprint density at radius 2 is 0.860 bits per heavy atom. The summed E-state index contributed by atoms with van der Waals surface area (Å²) in [5, 5.41) is 23.1. The molecule has 0 aromatic heterocycles. The molecule has 2 N–H and O–H groups in total. The fourth-order valence-electron chi connectivity index (χ4n) is 5.63. The molecule has 6 aromatic rings. The van der Waals surface area contributed by atoms with Crippen LogP contribution < -0.4 is 9.47 Å². The van der Waals surface area contributed by atoms with Crippen LogP contribution in [0.5, 0.6) is 11.5 Å². The van der Waals surface area contributed by atoms with Crippen LogP contribution in [-0.2, 0) is 13.2 Å². The van der Waals surface area contributed by atoms with Gasteiger partial charge >= 0.3 is 0 Å². The van der Waals surface area contributed by atoms with Gasteiger partial charge in [-0.05, 0) is 79.2 Å². The van der Waals surface area contributed by atoms with E-state index in [0.29, 0.717) is 0 Å². The van der Waals surface area contributed by atoms with Gasteiger partial charge in [-0.25, -0.2) is 0 Å². The van der Waals surface area contributed by atoms with Crippen molar-refractivity contribution in [1.82, 2.24) is 0 Å². The van der Waals surface area contributed by atoms with Crippen LogP contribution in [0.2, 0.25) is 0 Å². The first-order valence-electron chi connectivity index (χ1n) is 14.3. The largest absolute Gasteiger partial charge is 0.457 e. The van der Waals surface area contributed by atoms with Gasteiger partial charge in [-0.1, -0.05) is 109 Å². The zero-order valence-electron chi connectivity index (χ0n) is 23.5. The number of aliphatic hydroxyl groups is 2. The molecule has 6 aromatic carbocycles. The quantitative estimate of drug-likeness (QED) is 0.199. The van der Waals surface area contributed by atoms with Crippen molar-refractivity contribution in [3.05, 3.63) is 143 Å². The highest BCUT2D eigenvalue weighted by atomic mass is 16.7. The topological polar surface area (TPSA) is 58.9 Å². The summed E-state index contributed by atoms with van der Waals surface area (Å²) in [6.07, 6.45) is 8.39. The molecule has 43 heavy (non-hydrogen) atoms. The Balaban J connectivity index is 1.27. The zero-order chi connectivity index (χ0) is 29.2. The van der Waals surface area contributed by atoms with Crippen LogP contribution in [0.3, 0.4) is 0 Å². The molecule has 0 saturated heterocycles. The van der Waals surface area contributed by atoms with Crippen molar-refractivity contribution in [2.24, 2.45) is 0 Å². The first-order chi connectivity index (χ1) is 21.2. The van der Waals surface area contributed by atoms with Crippen LogP contribution in [0.25, 0.3) is 57.0 Å². The van der Waals surface area contributed by atoms with E-state index >= 15 is 0 Å². The fourth-order valence-corrected chi connectivity index (χ4v) is 5.63. The van der Waals surface area contributed by atoms with Crippen LogP contribution in [0.1, 0.15) is 33.4 Å². The summed E-state index contributed by atoms with van der Waals surface area (Å²) in [4.78, 5) is 0. The van der Waals surface area contributed by atoms with Crippen LogP contribution in [0, 0.1) is 0 Å². The molecular weight excluding hydrogens is 532 g/mol. The highest BCUT2D eigenvalue weighted by Gasteiger charge is 2.22. The van der Waals surface area contributed by atoms with Gasteiger partial charge in [0.1, 0.15) is 11.5 Å². The number of rotatable bonds is 6. The van der Waals surface area contributed by atoms with Crippen molar-refractivity contribution in [3.8, 4) is 22.6 Å². The predicted molar refractivity (Wildman–Crippen MR) is 176 cm³/mol. The van der Waals surface area contributed by atoms with Gasteiger partial charge in [0.25, 0.3) is 0 Å². The van der Waals surface area contributed by atoms with E-state index < -0.39 is 0 Å². The normalized spacial score (nSPS) is 12.7. The molecule has 0 saturated carbocycles. The highest BCUT2D eigenvalue weighted by Crippen LogP contribution is 2.47. The Hall–Kier alpha value is -5.16. The second kappa shape index (κ2) is 11.6. The van der Waals surface area contributed by atoms with E-state index in [1.807, 2.05) is 60.7 Å². The number of benzene rings is 6. The first kappa shape index (κ1) is 26.7. The SMILES string of the molecule is OCc1ccc(/C=C/c2ccc3c4c(ccc3c2)OCOc2ccc3cc(/C=C/c5ccc(CO)cc5)ccc3c2-4)cc1. The first-order valence-corrected chi connectivity index (χ1v) is 14.3. The maximum absolute atomic E-state index is 9.30. The number of aliphatic hydroxyl groups excluding tert-OH is 2. The van der Waals surface area contributed by atoms with E-state index in [1.54, 1.807) is 0 Å². The van der Waals surface area contributed by atoms with Gasteiger partial charge in [-0.2, -0.15) is 0 Å². The van der Waals surface area contributed by atoms with E-state index in [0.717, 1.165) is 77.6 Å². The number of hydrogen-bond donors (Lipinski definition) is 2. The minimum absolute atomic E-state index is 0.0476. The lowest BCUT2D eigenvalue weighted by molar-refractivity contribution is 0.125. The summed E-state index contributed by atoms with van der Waals surface area (Å²) >= 11 is 0. The molecule has 0 spiro atoms. The molecule has 210 valence electrons. The second-order valence-electron chi connectivity index (χ2n) is 10.7. The van der Waals surface area contributed by atoms with E-state index in [2.05, 4.69) is 72.8 Å². The van der Waals surface area contributed by atoms with Gasteiger partial charge in [-0.3, -0.25) is 0 Å². The average Bonchev–Trinajstić information content (AvgIpc) is 3.26. The van der Waals surface area contributed by atoms with Gasteiger partial charge in [0, 0.05) is 11.1 Å². The third kappa shape index (κ3) is 5.42. The Labute approximate surface area is 250 Å². The lowest BCUT2D eigenvalue weighted by Gasteiger charge is -2.14. The van der Waals surface area contributed by atoms with Gasteiger partial charge in [0.05, 0.1) is 13.2 Å². The van der Waals surface area contributed by atoms with Crippen molar-refractivity contribution in [1.29, 1.82) is 0 Å². The molecule has 0 radical (unpaired) electrons. The second-order valence-corrected chi connectivity index (χ2v) is 10.7. The Kier molecular flexibility index (Phi) is 7.22. The van der Waals surface area contributed by atoms with E-state index in [1.165, 1.54) is 0 Å². The van der Waals surface area contributed by atoms with Crippen LogP contribution in [0.15, 0.2) is 109 Å². The molecule has 1 aliphatic rings. The number of ether oxygens (including phenoxy) is 2. The Bertz CT molecular complexity index is 1850. The molecular formula is C39H30O4. The van der Waals surface area contributed by atoms with Crippen molar-refractivity contribution in [3.63, 3.8) is 0 Å². The molecule has 0 aliphatic carbocycles. The molecule has 4 heteroatoms. The monoisotopic (exact) mass is 562 g/mol. The van der Waals surface area contributed by atoms with Crippen molar-refractivity contribution < 1.29 is 19.7 Å². The molecule has 1 heterocycles. The highest BCUT2D eigenvalue weighted by molar-refractivity contribution is 6.10. The smallest absolute Gasteiger partial charge is 0.230 e. The maximum Gasteiger partial charge on any atom is 0.230 e. The lowest BCUT2D eigenvalue weighted by atomic mass is 9.91. The van der Waals surface area contributed by atoms with E-state index in [4.69, 9.17) is 9.47 Å². The van der Waals surface area contributed by atoms with E-state index in [-0.39, 0.29) is 20.0 Å². The molecule has 1 aliphatic heterocycles. The van der Waals surface area contributed by atoms with Crippen molar-refractivity contribution in [2.75, 3.05) is 6.79 Å². The summed E-state index contributed by atoms with van der Waals surface area (Å²) in [7, 11) is 0. The summed E-state index contributed by atoms with van der Waals surface area (Å²) in [5.41, 5.74) is 8.25. The summed E-state index contributed by atoms with van der Waals surface area (Å²) in [5.74, 6) is 1.61. The molecule has 0 amide bonds. The minimum Gasteiger partial charge on any atom is -0.457 e. The van der Waals surface area contributed by atoms with E-state index in [9.17, 15) is 10.2 Å². The summed E-state index contributed by atoms with van der Waals surface area (Å²) in [6, 6.07) is 37.1. The van der Waals surface area contributed by atoms with Crippen LogP contribution in [-0.4, -0.2) is 17.0 Å². The molecule has 7 rings (SSSR count). The van der Waals surface area contributed by atoms with Crippen molar-refractivity contribution >= 4 is 45.8 Å². The zero-order valence-corrected chi connectivity index (χ0v) is 23.5. The predicted octanol–water partition coefficient (Wildman–Crippen LogP) is 8.71.